The molecule has 1 atom stereocenters. The monoisotopic (exact) mass is 865 g/mol. The van der Waals surface area contributed by atoms with Gasteiger partial charge in [-0.15, -0.1) is 0 Å². The van der Waals surface area contributed by atoms with E-state index in [4.69, 9.17) is 14.2 Å². The molecule has 0 N–H and O–H groups in total. The third-order valence-electron chi connectivity index (χ3n) is 11.3. The fourth-order valence-electron chi connectivity index (χ4n) is 7.36. The van der Waals surface area contributed by atoms with Gasteiger partial charge in [0.25, 0.3) is 0 Å². The average molecular weight is 865 g/mol. The predicted molar refractivity (Wildman–Crippen MR) is 270 cm³/mol. The van der Waals surface area contributed by atoms with E-state index < -0.39 is 6.10 Å². The maximum absolute atomic E-state index is 12.7. The molecule has 0 saturated carbocycles. The van der Waals surface area contributed by atoms with Crippen molar-refractivity contribution in [3.05, 3.63) is 72.9 Å². The number of carbonyl (C=O) groups excluding carboxylic acids is 2. The first kappa shape index (κ1) is 59.3. The lowest BCUT2D eigenvalue weighted by molar-refractivity contribution is -0.162. The first-order valence-electron chi connectivity index (χ1n) is 26.5. The lowest BCUT2D eigenvalue weighted by Crippen LogP contribution is -2.30. The number of hydrogen-bond donors (Lipinski definition) is 0. The third kappa shape index (κ3) is 50.0. The van der Waals surface area contributed by atoms with Crippen molar-refractivity contribution in [1.29, 1.82) is 0 Å². The zero-order chi connectivity index (χ0) is 44.9. The first-order valence-corrected chi connectivity index (χ1v) is 26.5. The van der Waals surface area contributed by atoms with Crippen LogP contribution < -0.4 is 0 Å². The highest BCUT2D eigenvalue weighted by Gasteiger charge is 2.17. The van der Waals surface area contributed by atoms with Crippen molar-refractivity contribution in [2.45, 2.75) is 258 Å². The van der Waals surface area contributed by atoms with Crippen LogP contribution in [0, 0.1) is 0 Å². The standard InChI is InChI=1S/C57H100O5/c1-4-7-10-13-16-18-20-22-24-26-28-30-32-34-36-38-40-43-46-49-52-60-53-55(62-57(59)51-48-45-41-15-12-9-6-3)54-61-56(58)50-47-44-42-39-37-35-33-31-29-27-25-23-21-19-17-14-11-8-5-2/h8,11,17,19,23,25,29,31,35,37,42,44,55H,4-7,9-10,12-16,18,20-22,24,26-28,30,32-34,36,38-41,43,45-54H2,1-3H3/b11-8-,19-17-,25-23-,31-29-,37-35-,44-42-. The maximum atomic E-state index is 12.7. The van der Waals surface area contributed by atoms with Crippen LogP contribution in [-0.2, 0) is 23.8 Å². The van der Waals surface area contributed by atoms with Gasteiger partial charge in [0.2, 0.25) is 0 Å². The smallest absolute Gasteiger partial charge is 0.306 e. The van der Waals surface area contributed by atoms with E-state index in [2.05, 4.69) is 87.6 Å². The van der Waals surface area contributed by atoms with Gasteiger partial charge in [-0.1, -0.05) is 254 Å². The van der Waals surface area contributed by atoms with Gasteiger partial charge in [0.15, 0.2) is 6.10 Å². The minimum absolute atomic E-state index is 0.0462. The molecule has 5 nitrogen and oxygen atoms in total. The maximum Gasteiger partial charge on any atom is 0.306 e. The van der Waals surface area contributed by atoms with Crippen molar-refractivity contribution in [3.8, 4) is 0 Å². The van der Waals surface area contributed by atoms with Crippen molar-refractivity contribution >= 4 is 11.9 Å². The first-order chi connectivity index (χ1) is 30.6. The summed E-state index contributed by atoms with van der Waals surface area (Å²) in [5.74, 6) is -0.494. The summed E-state index contributed by atoms with van der Waals surface area (Å²) in [7, 11) is 0. The topological polar surface area (TPSA) is 61.8 Å². The molecule has 0 radical (unpaired) electrons. The zero-order valence-electron chi connectivity index (χ0n) is 41.1. The zero-order valence-corrected chi connectivity index (χ0v) is 41.1. The van der Waals surface area contributed by atoms with Crippen LogP contribution >= 0.6 is 0 Å². The Morgan fingerprint density at radius 1 is 0.371 bits per heavy atom. The summed E-state index contributed by atoms with van der Waals surface area (Å²) >= 11 is 0. The van der Waals surface area contributed by atoms with E-state index in [9.17, 15) is 9.59 Å². The van der Waals surface area contributed by atoms with Gasteiger partial charge in [-0.2, -0.15) is 0 Å². The second-order valence-electron chi connectivity index (χ2n) is 17.4. The number of hydrogen-bond acceptors (Lipinski definition) is 5. The van der Waals surface area contributed by atoms with Gasteiger partial charge in [-0.05, 0) is 57.8 Å². The molecule has 5 heteroatoms. The second kappa shape index (κ2) is 52.7. The predicted octanol–water partition coefficient (Wildman–Crippen LogP) is 17.9. The Kier molecular flexibility index (Phi) is 50.4. The van der Waals surface area contributed by atoms with Crippen LogP contribution in [-0.4, -0.2) is 37.9 Å². The third-order valence-corrected chi connectivity index (χ3v) is 11.3. The van der Waals surface area contributed by atoms with Gasteiger partial charge in [0, 0.05) is 19.4 Å². The highest BCUT2D eigenvalue weighted by molar-refractivity contribution is 5.70. The second-order valence-corrected chi connectivity index (χ2v) is 17.4. The Balaban J connectivity index is 4.18. The summed E-state index contributed by atoms with van der Waals surface area (Å²) < 4.78 is 17.3. The molecule has 0 rings (SSSR count). The summed E-state index contributed by atoms with van der Waals surface area (Å²) in [5.41, 5.74) is 0. The molecule has 0 aliphatic rings. The lowest BCUT2D eigenvalue weighted by atomic mass is 10.0. The molecule has 0 saturated heterocycles. The molecule has 0 aromatic rings. The van der Waals surface area contributed by atoms with Gasteiger partial charge < -0.3 is 14.2 Å². The summed E-state index contributed by atoms with van der Waals surface area (Å²) in [4.78, 5) is 25.2. The van der Waals surface area contributed by atoms with Crippen molar-refractivity contribution in [3.63, 3.8) is 0 Å². The Morgan fingerprint density at radius 2 is 0.726 bits per heavy atom. The fourth-order valence-corrected chi connectivity index (χ4v) is 7.36. The minimum atomic E-state index is -0.563. The number of rotatable bonds is 48. The average Bonchev–Trinajstić information content (AvgIpc) is 3.27. The molecule has 0 aromatic heterocycles. The lowest BCUT2D eigenvalue weighted by Gasteiger charge is -2.18. The molecule has 0 spiro atoms. The van der Waals surface area contributed by atoms with Gasteiger partial charge in [-0.3, -0.25) is 9.59 Å². The number of esters is 2. The van der Waals surface area contributed by atoms with Gasteiger partial charge in [0.1, 0.15) is 6.61 Å². The molecule has 358 valence electrons. The van der Waals surface area contributed by atoms with E-state index in [0.29, 0.717) is 25.9 Å². The number of unbranched alkanes of at least 4 members (excludes halogenated alkanes) is 25. The summed E-state index contributed by atoms with van der Waals surface area (Å²) in [6.45, 7) is 7.63. The van der Waals surface area contributed by atoms with E-state index in [0.717, 1.165) is 70.6 Å². The van der Waals surface area contributed by atoms with Gasteiger partial charge >= 0.3 is 11.9 Å². The summed E-state index contributed by atoms with van der Waals surface area (Å²) in [6.07, 6.45) is 68.0. The molecule has 0 aromatic carbocycles. The molecule has 0 fully saturated rings. The largest absolute Gasteiger partial charge is 0.462 e. The van der Waals surface area contributed by atoms with Crippen LogP contribution in [0.2, 0.25) is 0 Å². The van der Waals surface area contributed by atoms with Crippen LogP contribution in [0.5, 0.6) is 0 Å². The van der Waals surface area contributed by atoms with Gasteiger partial charge in [0.05, 0.1) is 6.61 Å². The molecule has 0 aliphatic carbocycles. The Hall–Kier alpha value is -2.66. The molecule has 0 amide bonds. The highest BCUT2D eigenvalue weighted by atomic mass is 16.6. The minimum Gasteiger partial charge on any atom is -0.462 e. The Labute approximate surface area is 385 Å². The van der Waals surface area contributed by atoms with Gasteiger partial charge in [-0.25, -0.2) is 0 Å². The molecule has 0 heterocycles. The van der Waals surface area contributed by atoms with E-state index >= 15 is 0 Å². The Morgan fingerprint density at radius 3 is 1.13 bits per heavy atom. The SMILES string of the molecule is CC/C=C\C/C=C\C/C=C\C/C=C\C/C=C\C/C=C\CCC(=O)OCC(COCCCCCCCCCCCCCCCCCCCCCC)OC(=O)CCCCCCCCC. The van der Waals surface area contributed by atoms with Crippen molar-refractivity contribution in [2.75, 3.05) is 19.8 Å². The molecule has 0 bridgehead atoms. The van der Waals surface area contributed by atoms with Crippen LogP contribution in [0.4, 0.5) is 0 Å². The summed E-state index contributed by atoms with van der Waals surface area (Å²) in [6, 6.07) is 0. The van der Waals surface area contributed by atoms with Crippen LogP contribution in [0.25, 0.3) is 0 Å². The van der Waals surface area contributed by atoms with Crippen molar-refractivity contribution in [1.82, 2.24) is 0 Å². The Bertz CT molecular complexity index is 1110. The molecule has 1 unspecified atom stereocenters. The highest BCUT2D eigenvalue weighted by Crippen LogP contribution is 2.15. The fraction of sp³-hybridized carbons (Fsp3) is 0.754. The molecule has 0 aliphatic heterocycles. The number of allylic oxidation sites excluding steroid dienone is 12. The van der Waals surface area contributed by atoms with Crippen LogP contribution in [0.15, 0.2) is 72.9 Å². The van der Waals surface area contributed by atoms with E-state index in [1.165, 1.54) is 141 Å². The quantitative estimate of drug-likeness (QED) is 0.0346. The van der Waals surface area contributed by atoms with Crippen molar-refractivity contribution < 1.29 is 23.8 Å². The molecular formula is C57H100O5. The number of carbonyl (C=O) groups is 2. The number of ether oxygens (including phenoxy) is 3. The van der Waals surface area contributed by atoms with Crippen molar-refractivity contribution in [2.24, 2.45) is 0 Å². The molecular weight excluding hydrogens is 765 g/mol. The molecule has 62 heavy (non-hydrogen) atoms. The van der Waals surface area contributed by atoms with E-state index in [-0.39, 0.29) is 25.2 Å². The van der Waals surface area contributed by atoms with E-state index in [1.807, 2.05) is 6.08 Å². The van der Waals surface area contributed by atoms with Crippen LogP contribution in [0.1, 0.15) is 252 Å². The van der Waals surface area contributed by atoms with Crippen LogP contribution in [0.3, 0.4) is 0 Å². The summed E-state index contributed by atoms with van der Waals surface area (Å²) in [5, 5.41) is 0. The van der Waals surface area contributed by atoms with E-state index in [1.54, 1.807) is 0 Å². The normalized spacial score (nSPS) is 12.8.